The van der Waals surface area contributed by atoms with Gasteiger partial charge in [-0.2, -0.15) is 5.10 Å². The molecule has 0 aromatic carbocycles. The first kappa shape index (κ1) is 10.5. The van der Waals surface area contributed by atoms with E-state index in [0.717, 1.165) is 31.4 Å². The number of aryl methyl sites for hydroxylation is 1. The molecule has 2 atom stereocenters. The van der Waals surface area contributed by atoms with Gasteiger partial charge in [0.15, 0.2) is 0 Å². The summed E-state index contributed by atoms with van der Waals surface area (Å²) >= 11 is 0. The van der Waals surface area contributed by atoms with Crippen LogP contribution in [0, 0.1) is 6.92 Å². The van der Waals surface area contributed by atoms with Crippen LogP contribution in [0.25, 0.3) is 0 Å². The normalized spacial score (nSPS) is 27.6. The highest BCUT2D eigenvalue weighted by Crippen LogP contribution is 2.29. The summed E-state index contributed by atoms with van der Waals surface area (Å²) in [5, 5.41) is 14.4. The fraction of sp³-hybridized carbons (Fsp3) is 0.727. The average Bonchev–Trinajstić information content (AvgIpc) is 2.39. The summed E-state index contributed by atoms with van der Waals surface area (Å²) in [6.07, 6.45) is 5.01. The minimum Gasteiger partial charge on any atom is -0.391 e. The van der Waals surface area contributed by atoms with Crippen LogP contribution >= 0.6 is 0 Å². The van der Waals surface area contributed by atoms with E-state index in [1.807, 2.05) is 13.0 Å². The maximum atomic E-state index is 10.0. The molecule has 0 bridgehead atoms. The van der Waals surface area contributed by atoms with E-state index in [4.69, 9.17) is 5.73 Å². The van der Waals surface area contributed by atoms with Crippen LogP contribution in [0.4, 0.5) is 5.82 Å². The van der Waals surface area contributed by atoms with E-state index in [2.05, 4.69) is 5.10 Å². The van der Waals surface area contributed by atoms with Crippen LogP contribution in [0.2, 0.25) is 0 Å². The molecule has 1 aliphatic rings. The second kappa shape index (κ2) is 4.23. The van der Waals surface area contributed by atoms with Gasteiger partial charge < -0.3 is 10.8 Å². The van der Waals surface area contributed by atoms with Crippen molar-refractivity contribution in [2.75, 3.05) is 5.73 Å². The van der Waals surface area contributed by atoms with Gasteiger partial charge in [0.05, 0.1) is 17.8 Å². The molecule has 2 unspecified atom stereocenters. The first-order valence-corrected chi connectivity index (χ1v) is 5.68. The van der Waals surface area contributed by atoms with Crippen molar-refractivity contribution in [3.8, 4) is 0 Å². The van der Waals surface area contributed by atoms with Crippen molar-refractivity contribution in [3.63, 3.8) is 0 Å². The van der Waals surface area contributed by atoms with Gasteiger partial charge in [-0.1, -0.05) is 19.3 Å². The molecule has 1 fully saturated rings. The Kier molecular flexibility index (Phi) is 2.95. The monoisotopic (exact) mass is 209 g/mol. The molecule has 0 aliphatic heterocycles. The second-order valence-corrected chi connectivity index (χ2v) is 4.43. The van der Waals surface area contributed by atoms with Crippen molar-refractivity contribution in [2.24, 2.45) is 0 Å². The number of aliphatic hydroxyl groups is 1. The van der Waals surface area contributed by atoms with Gasteiger partial charge in [0.1, 0.15) is 5.82 Å². The summed E-state index contributed by atoms with van der Waals surface area (Å²) in [7, 11) is 0. The Morgan fingerprint density at radius 2 is 2.13 bits per heavy atom. The van der Waals surface area contributed by atoms with Gasteiger partial charge in [0.25, 0.3) is 0 Å². The molecule has 1 aromatic rings. The number of rotatable bonds is 1. The maximum absolute atomic E-state index is 10.0. The van der Waals surface area contributed by atoms with E-state index in [0.29, 0.717) is 5.82 Å². The summed E-state index contributed by atoms with van der Waals surface area (Å²) in [6, 6.07) is 1.93. The number of hydrogen-bond donors (Lipinski definition) is 2. The Bertz CT molecular complexity index is 335. The van der Waals surface area contributed by atoms with E-state index in [9.17, 15) is 5.11 Å². The number of nitrogen functional groups attached to an aromatic ring is 1. The predicted molar refractivity (Wildman–Crippen MR) is 59.5 cm³/mol. The lowest BCUT2D eigenvalue weighted by Crippen LogP contribution is -2.25. The highest BCUT2D eigenvalue weighted by Gasteiger charge is 2.25. The zero-order valence-electron chi connectivity index (χ0n) is 9.19. The summed E-state index contributed by atoms with van der Waals surface area (Å²) in [4.78, 5) is 0. The number of hydrogen-bond acceptors (Lipinski definition) is 3. The molecule has 1 aromatic heterocycles. The van der Waals surface area contributed by atoms with Crippen LogP contribution in [0.5, 0.6) is 0 Å². The van der Waals surface area contributed by atoms with Crippen molar-refractivity contribution >= 4 is 5.82 Å². The fourth-order valence-corrected chi connectivity index (χ4v) is 2.36. The Hall–Kier alpha value is -1.03. The molecule has 1 heterocycles. The van der Waals surface area contributed by atoms with Gasteiger partial charge in [-0.3, -0.25) is 0 Å². The largest absolute Gasteiger partial charge is 0.391 e. The average molecular weight is 209 g/mol. The van der Waals surface area contributed by atoms with Gasteiger partial charge in [-0.05, 0) is 19.8 Å². The number of nitrogens with zero attached hydrogens (tertiary/aromatic N) is 2. The predicted octanol–water partition coefficient (Wildman–Crippen LogP) is 1.64. The van der Waals surface area contributed by atoms with Crippen molar-refractivity contribution in [3.05, 3.63) is 11.8 Å². The van der Waals surface area contributed by atoms with Crippen LogP contribution in [-0.4, -0.2) is 21.0 Å². The minimum absolute atomic E-state index is 0.0706. The lowest BCUT2D eigenvalue weighted by Gasteiger charge is -2.21. The molecule has 4 nitrogen and oxygen atoms in total. The molecule has 0 spiro atoms. The van der Waals surface area contributed by atoms with Gasteiger partial charge in [-0.25, -0.2) is 4.68 Å². The molecule has 4 heteroatoms. The summed E-state index contributed by atoms with van der Waals surface area (Å²) in [6.45, 7) is 1.93. The van der Waals surface area contributed by atoms with Gasteiger partial charge in [0.2, 0.25) is 0 Å². The smallest absolute Gasteiger partial charge is 0.122 e. The molecule has 0 amide bonds. The fourth-order valence-electron chi connectivity index (χ4n) is 2.36. The second-order valence-electron chi connectivity index (χ2n) is 4.43. The Labute approximate surface area is 90.1 Å². The Morgan fingerprint density at radius 1 is 1.40 bits per heavy atom. The van der Waals surface area contributed by atoms with E-state index in [-0.39, 0.29) is 12.1 Å². The lowest BCUT2D eigenvalue weighted by atomic mass is 10.1. The van der Waals surface area contributed by atoms with Crippen molar-refractivity contribution in [2.45, 2.75) is 51.2 Å². The molecule has 1 saturated carbocycles. The first-order valence-electron chi connectivity index (χ1n) is 5.68. The summed E-state index contributed by atoms with van der Waals surface area (Å²) in [5.74, 6) is 0.665. The molecule has 15 heavy (non-hydrogen) atoms. The molecule has 3 N–H and O–H groups in total. The molecule has 1 aliphatic carbocycles. The molecular formula is C11H19N3O. The Balaban J connectivity index is 2.23. The van der Waals surface area contributed by atoms with E-state index in [1.54, 1.807) is 4.68 Å². The van der Waals surface area contributed by atoms with E-state index >= 15 is 0 Å². The van der Waals surface area contributed by atoms with E-state index < -0.39 is 0 Å². The van der Waals surface area contributed by atoms with Gasteiger partial charge in [0, 0.05) is 6.07 Å². The van der Waals surface area contributed by atoms with Gasteiger partial charge >= 0.3 is 0 Å². The highest BCUT2D eigenvalue weighted by atomic mass is 16.3. The third kappa shape index (κ3) is 2.15. The zero-order chi connectivity index (χ0) is 10.8. The first-order chi connectivity index (χ1) is 7.18. The topological polar surface area (TPSA) is 64.1 Å². The van der Waals surface area contributed by atoms with Gasteiger partial charge in [-0.15, -0.1) is 0 Å². The summed E-state index contributed by atoms with van der Waals surface area (Å²) < 4.78 is 1.80. The van der Waals surface area contributed by atoms with Crippen LogP contribution in [0.3, 0.4) is 0 Å². The maximum Gasteiger partial charge on any atom is 0.122 e. The third-order valence-corrected chi connectivity index (χ3v) is 3.14. The third-order valence-electron chi connectivity index (χ3n) is 3.14. The molecule has 84 valence electrons. The van der Waals surface area contributed by atoms with Crippen LogP contribution < -0.4 is 5.73 Å². The number of aliphatic hydroxyl groups excluding tert-OH is 1. The lowest BCUT2D eigenvalue weighted by molar-refractivity contribution is 0.100. The zero-order valence-corrected chi connectivity index (χ0v) is 9.19. The number of aromatic nitrogens is 2. The molecular weight excluding hydrogens is 190 g/mol. The molecule has 2 rings (SSSR count). The van der Waals surface area contributed by atoms with E-state index in [1.165, 1.54) is 6.42 Å². The molecule has 0 saturated heterocycles. The van der Waals surface area contributed by atoms with Crippen molar-refractivity contribution in [1.82, 2.24) is 9.78 Å². The standard InChI is InChI=1S/C11H19N3O/c1-8-7-11(12)14(13-8)9-5-3-2-4-6-10(9)15/h7,9-10,15H,2-6,12H2,1H3. The Morgan fingerprint density at radius 3 is 2.80 bits per heavy atom. The van der Waals surface area contributed by atoms with Crippen molar-refractivity contribution in [1.29, 1.82) is 0 Å². The number of nitrogens with two attached hydrogens (primary N) is 1. The number of anilines is 1. The van der Waals surface area contributed by atoms with Crippen LogP contribution in [-0.2, 0) is 0 Å². The van der Waals surface area contributed by atoms with Crippen LogP contribution in [0.15, 0.2) is 6.07 Å². The quantitative estimate of drug-likeness (QED) is 0.691. The van der Waals surface area contributed by atoms with Crippen molar-refractivity contribution < 1.29 is 5.11 Å². The molecule has 0 radical (unpaired) electrons. The SMILES string of the molecule is Cc1cc(N)n(C2CCCCCC2O)n1. The summed E-state index contributed by atoms with van der Waals surface area (Å²) in [5.41, 5.74) is 6.80. The minimum atomic E-state index is -0.297. The van der Waals surface area contributed by atoms with Crippen LogP contribution in [0.1, 0.15) is 43.8 Å². The highest BCUT2D eigenvalue weighted by molar-refractivity contribution is 5.31.